The van der Waals surface area contributed by atoms with Crippen molar-refractivity contribution in [2.24, 2.45) is 23.7 Å². The van der Waals surface area contributed by atoms with Crippen molar-refractivity contribution in [1.29, 1.82) is 0 Å². The Hall–Kier alpha value is -1.94. The van der Waals surface area contributed by atoms with Crippen LogP contribution in [0.25, 0.3) is 0 Å². The van der Waals surface area contributed by atoms with Crippen LogP contribution in [0.4, 0.5) is 0 Å². The van der Waals surface area contributed by atoms with E-state index in [0.717, 1.165) is 114 Å². The van der Waals surface area contributed by atoms with Gasteiger partial charge in [0.1, 0.15) is 19.3 Å². The highest BCUT2D eigenvalue weighted by Crippen LogP contribution is 2.45. The van der Waals surface area contributed by atoms with Crippen LogP contribution in [-0.2, 0) is 65.4 Å². The third-order valence-electron chi connectivity index (χ3n) is 21.0. The molecule has 0 fully saturated rings. The second-order valence-electron chi connectivity index (χ2n) is 32.7. The molecule has 0 aromatic carbocycles. The number of esters is 4. The molecule has 0 rings (SSSR count). The molecule has 0 aromatic heterocycles. The molecule has 0 aliphatic rings. The molecule has 17 nitrogen and oxygen atoms in total. The fraction of sp³-hybridized carbons (Fsp3) is 0.954. The quantitative estimate of drug-likeness (QED) is 0.0222. The molecular formula is C87H170O17P2. The summed E-state index contributed by atoms with van der Waals surface area (Å²) in [5.74, 6) is 1.07. The van der Waals surface area contributed by atoms with Crippen LogP contribution in [0, 0.1) is 23.7 Å². The Labute approximate surface area is 651 Å². The average Bonchev–Trinajstić information content (AvgIpc) is 0.902. The third-order valence-corrected chi connectivity index (χ3v) is 22.9. The molecule has 0 saturated heterocycles. The summed E-state index contributed by atoms with van der Waals surface area (Å²) in [6.07, 6.45) is 65.5. The molecule has 0 aliphatic carbocycles. The molecule has 0 bridgehead atoms. The summed E-state index contributed by atoms with van der Waals surface area (Å²) in [6, 6.07) is 0. The smallest absolute Gasteiger partial charge is 0.462 e. The van der Waals surface area contributed by atoms with Crippen molar-refractivity contribution in [2.75, 3.05) is 39.6 Å². The Morgan fingerprint density at radius 3 is 0.670 bits per heavy atom. The molecule has 0 aliphatic heterocycles. The van der Waals surface area contributed by atoms with Crippen molar-refractivity contribution in [3.05, 3.63) is 0 Å². The van der Waals surface area contributed by atoms with Crippen LogP contribution in [-0.4, -0.2) is 96.7 Å². The highest BCUT2D eigenvalue weighted by molar-refractivity contribution is 7.47. The number of hydrogen-bond acceptors (Lipinski definition) is 15. The van der Waals surface area contributed by atoms with Gasteiger partial charge >= 0.3 is 39.5 Å². The predicted molar refractivity (Wildman–Crippen MR) is 437 cm³/mol. The monoisotopic (exact) mass is 1550 g/mol. The van der Waals surface area contributed by atoms with Gasteiger partial charge < -0.3 is 33.8 Å². The second-order valence-corrected chi connectivity index (χ2v) is 35.6. The Morgan fingerprint density at radius 1 is 0.264 bits per heavy atom. The number of rotatable bonds is 84. The summed E-state index contributed by atoms with van der Waals surface area (Å²) >= 11 is 0. The van der Waals surface area contributed by atoms with Gasteiger partial charge in [-0.3, -0.25) is 37.3 Å². The first-order valence-corrected chi connectivity index (χ1v) is 47.8. The van der Waals surface area contributed by atoms with Crippen molar-refractivity contribution in [2.45, 2.75) is 472 Å². The minimum absolute atomic E-state index is 0.105. The van der Waals surface area contributed by atoms with E-state index in [2.05, 4.69) is 55.4 Å². The van der Waals surface area contributed by atoms with E-state index in [0.29, 0.717) is 31.6 Å². The van der Waals surface area contributed by atoms with Crippen LogP contribution >= 0.6 is 15.6 Å². The highest BCUT2D eigenvalue weighted by atomic mass is 31.2. The first kappa shape index (κ1) is 104. The number of carbonyl (C=O) groups excluding carboxylic acids is 4. The van der Waals surface area contributed by atoms with Gasteiger partial charge in [-0.1, -0.05) is 402 Å². The molecule has 7 atom stereocenters. The van der Waals surface area contributed by atoms with E-state index in [4.69, 9.17) is 37.0 Å². The molecule has 0 aromatic rings. The zero-order chi connectivity index (χ0) is 78.1. The predicted octanol–water partition coefficient (Wildman–Crippen LogP) is 26.3. The number of aliphatic hydroxyl groups excluding tert-OH is 1. The van der Waals surface area contributed by atoms with E-state index in [1.165, 1.54) is 250 Å². The lowest BCUT2D eigenvalue weighted by Gasteiger charge is -2.21. The standard InChI is InChI=1S/C87H170O17P2/c1-9-79(7)65-57-49-40-34-28-24-20-16-12-14-17-21-25-29-36-42-51-59-67-84(89)97-73-82(103-86(91)69-61-53-43-37-30-26-22-18-13-11-15-19-23-27-33-39-47-55-63-77(3)4)75-101-105(93,94)99-71-81(88)72-100-106(95,96)102-76-83(74-98-85(90)68-60-52-46-45-48-56-64-78(5)6)104-87(92)70-62-54-44-38-32-31-35-41-50-58-66-80(8)10-2/h77-83,88H,9-76H2,1-8H3,(H,93,94)(H,95,96)/t79?,80?,81-,82-,83-/m1/s1. The average molecular weight is 1550 g/mol. The van der Waals surface area contributed by atoms with Crippen LogP contribution in [0.1, 0.15) is 453 Å². The lowest BCUT2D eigenvalue weighted by Crippen LogP contribution is -2.30. The summed E-state index contributed by atoms with van der Waals surface area (Å²) in [7, 11) is -9.93. The normalized spacial score (nSPS) is 14.4. The third kappa shape index (κ3) is 77.4. The molecule has 0 radical (unpaired) electrons. The van der Waals surface area contributed by atoms with Gasteiger partial charge in [-0.25, -0.2) is 9.13 Å². The van der Waals surface area contributed by atoms with Gasteiger partial charge in [0.15, 0.2) is 12.2 Å². The Balaban J connectivity index is 5.20. The molecule has 4 unspecified atom stereocenters. The fourth-order valence-electron chi connectivity index (χ4n) is 13.4. The minimum atomic E-state index is -4.97. The summed E-state index contributed by atoms with van der Waals surface area (Å²) in [5.41, 5.74) is 0. The number of unbranched alkanes of at least 4 members (excludes halogenated alkanes) is 48. The molecule has 0 saturated carbocycles. The van der Waals surface area contributed by atoms with Crippen LogP contribution < -0.4 is 0 Å². The second kappa shape index (κ2) is 75.7. The Bertz CT molecular complexity index is 2060. The largest absolute Gasteiger partial charge is 0.472 e. The van der Waals surface area contributed by atoms with Crippen LogP contribution in [0.3, 0.4) is 0 Å². The Kier molecular flexibility index (Phi) is 74.3. The number of phosphoric ester groups is 2. The molecule has 0 heterocycles. The maximum Gasteiger partial charge on any atom is 0.472 e. The van der Waals surface area contributed by atoms with Gasteiger partial charge in [-0.15, -0.1) is 0 Å². The number of carbonyl (C=O) groups is 4. The Morgan fingerprint density at radius 2 is 0.453 bits per heavy atom. The zero-order valence-electron chi connectivity index (χ0n) is 70.1. The van der Waals surface area contributed by atoms with Crippen LogP contribution in [0.5, 0.6) is 0 Å². The van der Waals surface area contributed by atoms with E-state index in [1.54, 1.807) is 0 Å². The maximum atomic E-state index is 13.2. The molecule has 106 heavy (non-hydrogen) atoms. The van der Waals surface area contributed by atoms with E-state index >= 15 is 0 Å². The topological polar surface area (TPSA) is 237 Å². The fourth-order valence-corrected chi connectivity index (χ4v) is 15.0. The van der Waals surface area contributed by atoms with Crippen molar-refractivity contribution >= 4 is 39.5 Å². The first-order valence-electron chi connectivity index (χ1n) is 44.8. The molecular weight excluding hydrogens is 1380 g/mol. The molecule has 630 valence electrons. The van der Waals surface area contributed by atoms with Gasteiger partial charge in [0.05, 0.1) is 26.4 Å². The molecule has 0 spiro atoms. The van der Waals surface area contributed by atoms with Crippen molar-refractivity contribution in [3.8, 4) is 0 Å². The zero-order valence-corrected chi connectivity index (χ0v) is 71.9. The summed E-state index contributed by atoms with van der Waals surface area (Å²) in [5, 5.41) is 10.7. The lowest BCUT2D eigenvalue weighted by molar-refractivity contribution is -0.161. The van der Waals surface area contributed by atoms with Gasteiger partial charge in [-0.2, -0.15) is 0 Å². The summed E-state index contributed by atoms with van der Waals surface area (Å²) in [4.78, 5) is 73.2. The number of aliphatic hydroxyl groups is 1. The van der Waals surface area contributed by atoms with Gasteiger partial charge in [0, 0.05) is 25.7 Å². The minimum Gasteiger partial charge on any atom is -0.462 e. The first-order chi connectivity index (χ1) is 51.2. The van der Waals surface area contributed by atoms with Gasteiger partial charge in [0.25, 0.3) is 0 Å². The highest BCUT2D eigenvalue weighted by Gasteiger charge is 2.31. The molecule has 0 amide bonds. The lowest BCUT2D eigenvalue weighted by atomic mass is 9.99. The number of phosphoric acid groups is 2. The molecule has 19 heteroatoms. The van der Waals surface area contributed by atoms with E-state index < -0.39 is 97.5 Å². The maximum absolute atomic E-state index is 13.2. The summed E-state index contributed by atoms with van der Waals surface area (Å²) < 4.78 is 68.8. The van der Waals surface area contributed by atoms with Crippen molar-refractivity contribution in [3.63, 3.8) is 0 Å². The van der Waals surface area contributed by atoms with E-state index in [1.807, 2.05) is 0 Å². The van der Waals surface area contributed by atoms with Crippen molar-refractivity contribution < 1.29 is 80.2 Å². The number of hydrogen-bond donors (Lipinski definition) is 3. The van der Waals surface area contributed by atoms with Crippen LogP contribution in [0.2, 0.25) is 0 Å². The van der Waals surface area contributed by atoms with Gasteiger partial charge in [-0.05, 0) is 49.4 Å². The van der Waals surface area contributed by atoms with E-state index in [9.17, 15) is 43.2 Å². The van der Waals surface area contributed by atoms with Crippen LogP contribution in [0.15, 0.2) is 0 Å². The molecule has 3 N–H and O–H groups in total. The number of ether oxygens (including phenoxy) is 4. The van der Waals surface area contributed by atoms with Gasteiger partial charge in [0.2, 0.25) is 0 Å². The summed E-state index contributed by atoms with van der Waals surface area (Å²) in [6.45, 7) is 14.3. The van der Waals surface area contributed by atoms with E-state index in [-0.39, 0.29) is 25.7 Å². The SMILES string of the molecule is CCC(C)CCCCCCCCCCCCCCCCCCCCC(=O)OC[C@H](COP(=O)(O)OC[C@@H](O)COP(=O)(O)OC[C@@H](COC(=O)CCCCCCCCC(C)C)OC(=O)CCCCCCCCCCCCC(C)CC)OC(=O)CCCCCCCCCCCCCCCCCCCCC(C)C. The van der Waals surface area contributed by atoms with Crippen molar-refractivity contribution in [1.82, 2.24) is 0 Å².